The molecule has 0 aliphatic carbocycles. The Morgan fingerprint density at radius 3 is 0.797 bits per heavy atom. The van der Waals surface area contributed by atoms with E-state index >= 15 is 0 Å². The molecule has 0 radical (unpaired) electrons. The van der Waals surface area contributed by atoms with Crippen molar-refractivity contribution >= 4 is 93.5 Å². The van der Waals surface area contributed by atoms with Crippen LogP contribution in [0, 0.1) is 0 Å². The summed E-state index contributed by atoms with van der Waals surface area (Å²) in [4.78, 5) is 39.6. The van der Waals surface area contributed by atoms with Crippen LogP contribution in [0.3, 0.4) is 0 Å². The third kappa shape index (κ3) is 15.2. The molecule has 1 saturated heterocycles. The summed E-state index contributed by atoms with van der Waals surface area (Å²) in [6.07, 6.45) is 0. The first-order valence-corrected chi connectivity index (χ1v) is 40.4. The normalized spacial score (nSPS) is 12.8. The van der Waals surface area contributed by atoms with E-state index in [1.165, 1.54) is 48.8 Å². The lowest BCUT2D eigenvalue weighted by Gasteiger charge is -2.32. The monoisotopic (exact) mass is 1580 g/mol. The summed E-state index contributed by atoms with van der Waals surface area (Å²) in [5, 5.41) is 11.8. The molecule has 1 aliphatic heterocycles. The van der Waals surface area contributed by atoms with E-state index in [1.807, 2.05) is 78.9 Å². The summed E-state index contributed by atoms with van der Waals surface area (Å²) in [5.41, 5.74) is 19.0. The van der Waals surface area contributed by atoms with E-state index in [9.17, 15) is 0 Å². The maximum Gasteiger partial charge on any atom is 0.515 e. The summed E-state index contributed by atoms with van der Waals surface area (Å²) in [5.74, 6) is 3.88. The highest BCUT2D eigenvalue weighted by molar-refractivity contribution is 9.10. The van der Waals surface area contributed by atoms with Crippen molar-refractivity contribution in [1.82, 2.24) is 39.9 Å². The van der Waals surface area contributed by atoms with Crippen LogP contribution >= 0.6 is 15.9 Å². The number of nitrogens with zero attached hydrogens (tertiary/aromatic N) is 8. The summed E-state index contributed by atoms with van der Waals surface area (Å²) in [7, 11) is -0.483. The number of para-hydroxylation sites is 2. The molecule has 0 amide bonds. The summed E-state index contributed by atoms with van der Waals surface area (Å²) in [6.45, 7) is 8.30. The van der Waals surface area contributed by atoms with Gasteiger partial charge in [-0.1, -0.05) is 356 Å². The fourth-order valence-corrected chi connectivity index (χ4v) is 15.6. The van der Waals surface area contributed by atoms with Crippen molar-refractivity contribution in [3.8, 4) is 124 Å². The van der Waals surface area contributed by atoms with Crippen LogP contribution in [-0.4, -0.2) is 58.2 Å². The van der Waals surface area contributed by atoms with Crippen molar-refractivity contribution in [2.24, 2.45) is 0 Å². The van der Waals surface area contributed by atoms with Gasteiger partial charge in [-0.15, -0.1) is 0 Å². The topological polar surface area (TPSA) is 122 Å². The molecule has 562 valence electrons. The number of fused-ring (bicyclic) bond motifs is 8. The molecule has 21 rings (SSSR count). The van der Waals surface area contributed by atoms with Crippen LogP contribution < -0.4 is 5.59 Å². The van der Waals surface area contributed by atoms with Crippen LogP contribution in [0.15, 0.2) is 393 Å². The highest BCUT2D eigenvalue weighted by atomic mass is 79.9. The smallest absolute Gasteiger partial charge is 0.398 e. The molecule has 20 aromatic rings. The molecule has 0 saturated carbocycles. The highest BCUT2D eigenvalue weighted by Gasteiger charge is 2.53. The van der Waals surface area contributed by atoms with E-state index in [-0.39, 0.29) is 0 Å². The molecular weight excluding hydrogens is 1510 g/mol. The zero-order valence-electron chi connectivity index (χ0n) is 65.3. The van der Waals surface area contributed by atoms with Crippen LogP contribution in [0.2, 0.25) is 0 Å². The zero-order valence-corrected chi connectivity index (χ0v) is 66.9. The molecule has 16 aromatic carbocycles. The Kier molecular flexibility index (Phi) is 20.0. The summed E-state index contributed by atoms with van der Waals surface area (Å²) < 4.78 is 13.7. The molecule has 0 N–H and O–H groups in total. The zero-order chi connectivity index (χ0) is 79.7. The highest BCUT2D eigenvalue weighted by Crippen LogP contribution is 2.41. The van der Waals surface area contributed by atoms with Crippen molar-refractivity contribution in [1.29, 1.82) is 0 Å². The largest absolute Gasteiger partial charge is 0.515 e. The molecule has 0 spiro atoms. The van der Waals surface area contributed by atoms with Gasteiger partial charge in [-0.3, -0.25) is 4.98 Å². The number of rotatable bonds is 12. The van der Waals surface area contributed by atoms with Gasteiger partial charge < -0.3 is 9.31 Å². The Hall–Kier alpha value is -14.1. The second-order valence-electron chi connectivity index (χ2n) is 30.5. The van der Waals surface area contributed by atoms with Gasteiger partial charge in [-0.05, 0) is 153 Å². The van der Waals surface area contributed by atoms with Gasteiger partial charge in [0, 0.05) is 65.0 Å². The number of pyridine rings is 2. The van der Waals surface area contributed by atoms with E-state index < -0.39 is 18.3 Å². The summed E-state index contributed by atoms with van der Waals surface area (Å²) >= 11 is 3.51. The van der Waals surface area contributed by atoms with Gasteiger partial charge in [-0.2, -0.15) is 0 Å². The Bertz CT molecular complexity index is 7060. The van der Waals surface area contributed by atoms with Crippen LogP contribution in [0.25, 0.3) is 189 Å². The first-order valence-electron chi connectivity index (χ1n) is 39.6. The number of aromatic nitrogens is 8. The molecule has 0 bridgehead atoms. The molecule has 4 aromatic heterocycles. The van der Waals surface area contributed by atoms with Crippen LogP contribution in [0.4, 0.5) is 0 Å². The minimum absolute atomic E-state index is 0.395. The number of hydrogen-bond donors (Lipinski definition) is 0. The van der Waals surface area contributed by atoms with Crippen molar-refractivity contribution in [2.45, 2.75) is 38.9 Å². The van der Waals surface area contributed by atoms with E-state index in [0.29, 0.717) is 34.9 Å². The first kappa shape index (κ1) is 74.0. The van der Waals surface area contributed by atoms with E-state index in [1.54, 1.807) is 0 Å². The molecular formula is C106H76BBrN8O2. The predicted molar refractivity (Wildman–Crippen MR) is 490 cm³/mol. The maximum absolute atomic E-state index is 6.33. The van der Waals surface area contributed by atoms with Crippen LogP contribution in [0.5, 0.6) is 0 Å². The first-order chi connectivity index (χ1) is 57.8. The van der Waals surface area contributed by atoms with Crippen LogP contribution in [-0.2, 0) is 9.31 Å². The molecule has 12 heteroatoms. The minimum Gasteiger partial charge on any atom is -0.398 e. The van der Waals surface area contributed by atoms with Crippen molar-refractivity contribution < 1.29 is 9.31 Å². The average Bonchev–Trinajstić information content (AvgIpc) is 1.42. The molecule has 10 nitrogen and oxygen atoms in total. The molecule has 1 aliphatic rings. The molecule has 0 unspecified atom stereocenters. The fourth-order valence-electron chi connectivity index (χ4n) is 15.3. The van der Waals surface area contributed by atoms with Gasteiger partial charge in [0.1, 0.15) is 0 Å². The van der Waals surface area contributed by atoms with Crippen LogP contribution in [0.1, 0.15) is 27.7 Å². The second kappa shape index (κ2) is 31.9. The van der Waals surface area contributed by atoms with Gasteiger partial charge in [0.2, 0.25) is 0 Å². The SMILES string of the molecule is Brc1ccc(-c2ccc(-c3nc(-c4ccccc4)nc(-c4ccc(-c5ccccc5)cc4)n3)cc2)cc1.CC1(C)OB(c2nc3ccccc3c3cc4ccccc4cc23)OC1(C)C.c1ccc(-c2ccc(-c3nc(-c4ccccc4)nc(-c4ccc(-c5ccc(-c6nc7ccccc7c7cc8ccccc8cc67)cc5)cc4)n3)cc2)cc1. The van der Waals surface area contributed by atoms with Crippen molar-refractivity contribution in [3.63, 3.8) is 0 Å². The van der Waals surface area contributed by atoms with Gasteiger partial charge in [0.15, 0.2) is 34.9 Å². The lowest BCUT2D eigenvalue weighted by molar-refractivity contribution is 0.00578. The number of hydrogen-bond acceptors (Lipinski definition) is 10. The van der Waals surface area contributed by atoms with Gasteiger partial charge in [-0.25, -0.2) is 34.9 Å². The van der Waals surface area contributed by atoms with E-state index in [2.05, 4.69) is 353 Å². The maximum atomic E-state index is 6.33. The lowest BCUT2D eigenvalue weighted by Crippen LogP contribution is -2.41. The Morgan fingerprint density at radius 2 is 0.449 bits per heavy atom. The van der Waals surface area contributed by atoms with E-state index in [0.717, 1.165) is 115 Å². The lowest BCUT2D eigenvalue weighted by atomic mass is 9.79. The average molecular weight is 1580 g/mol. The second-order valence-corrected chi connectivity index (χ2v) is 31.5. The molecule has 118 heavy (non-hydrogen) atoms. The minimum atomic E-state index is -0.483. The van der Waals surface area contributed by atoms with Gasteiger partial charge in [0.25, 0.3) is 0 Å². The van der Waals surface area contributed by atoms with E-state index in [4.69, 9.17) is 49.2 Å². The third-order valence-electron chi connectivity index (χ3n) is 22.4. The molecule has 0 atom stereocenters. The molecule has 5 heterocycles. The van der Waals surface area contributed by atoms with Crippen molar-refractivity contribution in [3.05, 3.63) is 393 Å². The van der Waals surface area contributed by atoms with Gasteiger partial charge in [0.05, 0.1) is 33.5 Å². The Balaban J connectivity index is 0.000000125. The standard InChI is InChI=1S/C50H32N4.C33H22BrN3.C23H22BNO2/c1-3-11-33(12-4-1)34-21-27-39(28-22-34)49-52-48(38-13-5-2-6-14-38)53-50(54-49)40-29-23-36(24-30-40)35-19-25-37(26-20-35)47-45-32-42-16-8-7-15-41(42)31-44(45)43-17-9-10-18-46(43)51-47;34-30-21-19-26(20-22-30)25-13-17-29(18-14-25)33-36-31(27-9-5-2-6-10-27)35-32(37-33)28-15-11-24(12-16-28)23-7-3-1-4-8-23;1-22(2)23(3,4)27-24(26-22)21-19-14-16-10-6-5-9-15(16)13-18(19)17-11-7-8-12-20(17)25-21/h1-32H;1-22H;5-14H,1-4H3. The third-order valence-corrected chi connectivity index (χ3v) is 23.0. The number of benzene rings is 16. The molecule has 1 fully saturated rings. The fraction of sp³-hybridized carbons (Fsp3) is 0.0566. The summed E-state index contributed by atoms with van der Waals surface area (Å²) in [6, 6.07) is 134. The Labute approximate surface area is 693 Å². The van der Waals surface area contributed by atoms with Gasteiger partial charge >= 0.3 is 7.12 Å². The quantitative estimate of drug-likeness (QED) is 0.0664. The number of halogens is 1. The predicted octanol–water partition coefficient (Wildman–Crippen LogP) is 26.5. The van der Waals surface area contributed by atoms with Crippen molar-refractivity contribution in [2.75, 3.05) is 0 Å². The Morgan fingerprint density at radius 1 is 0.212 bits per heavy atom.